The molecule has 25 heavy (non-hydrogen) atoms. The van der Waals surface area contributed by atoms with Gasteiger partial charge in [-0.2, -0.15) is 0 Å². The van der Waals surface area contributed by atoms with Gasteiger partial charge in [0.2, 0.25) is 12.3 Å². The number of methoxy groups -OCH3 is 1. The van der Waals surface area contributed by atoms with Gasteiger partial charge in [-0.25, -0.2) is 4.99 Å². The second kappa shape index (κ2) is 8.57. The molecule has 136 valence electrons. The topological polar surface area (TPSA) is 97.7 Å². The molecule has 1 aliphatic heterocycles. The van der Waals surface area contributed by atoms with Crippen LogP contribution in [0.3, 0.4) is 0 Å². The van der Waals surface area contributed by atoms with Crippen LogP contribution in [-0.4, -0.2) is 56.3 Å². The van der Waals surface area contributed by atoms with Crippen molar-refractivity contribution >= 4 is 35.6 Å². The molecule has 1 aliphatic rings. The number of carboxylic acids is 1. The molecule has 1 atom stereocenters. The Morgan fingerprint density at radius 3 is 2.84 bits per heavy atom. The normalized spacial score (nSPS) is 14.3. The second-order valence-electron chi connectivity index (χ2n) is 5.23. The van der Waals surface area contributed by atoms with Gasteiger partial charge in [0.15, 0.2) is 6.10 Å². The third-order valence-electron chi connectivity index (χ3n) is 3.50. The molecule has 0 aliphatic carbocycles. The van der Waals surface area contributed by atoms with Crippen molar-refractivity contribution in [3.8, 4) is 11.5 Å². The van der Waals surface area contributed by atoms with Crippen LogP contribution in [0.25, 0.3) is 0 Å². The summed E-state index contributed by atoms with van der Waals surface area (Å²) in [5.74, 6) is 0.161. The SMILES string of the molecule is COc1cc(O[C@@H](C)C2=NCCO2)c(Cl)cc1N(C=O)CCC(=O)O. The highest BCUT2D eigenvalue weighted by atomic mass is 35.5. The Morgan fingerprint density at radius 2 is 2.28 bits per heavy atom. The Balaban J connectivity index is 2.24. The maximum atomic E-state index is 11.3. The predicted molar refractivity (Wildman–Crippen MR) is 92.0 cm³/mol. The van der Waals surface area contributed by atoms with Crippen LogP contribution >= 0.6 is 11.6 Å². The molecule has 1 amide bonds. The Hall–Kier alpha value is -2.48. The maximum absolute atomic E-state index is 11.3. The lowest BCUT2D eigenvalue weighted by molar-refractivity contribution is -0.136. The van der Waals surface area contributed by atoms with Crippen LogP contribution in [0.1, 0.15) is 13.3 Å². The fourth-order valence-electron chi connectivity index (χ4n) is 2.29. The van der Waals surface area contributed by atoms with Crippen LogP contribution in [-0.2, 0) is 14.3 Å². The minimum absolute atomic E-state index is 0.00717. The highest BCUT2D eigenvalue weighted by molar-refractivity contribution is 6.32. The van der Waals surface area contributed by atoms with Crippen LogP contribution in [0.2, 0.25) is 5.02 Å². The Bertz CT molecular complexity index is 679. The Kier molecular flexibility index (Phi) is 6.46. The third kappa shape index (κ3) is 4.76. The molecular weight excluding hydrogens is 352 g/mol. The molecule has 8 nitrogen and oxygen atoms in total. The number of hydrogen-bond acceptors (Lipinski definition) is 6. The van der Waals surface area contributed by atoms with E-state index in [0.717, 1.165) is 0 Å². The zero-order valence-electron chi connectivity index (χ0n) is 13.9. The van der Waals surface area contributed by atoms with Gasteiger partial charge >= 0.3 is 5.97 Å². The van der Waals surface area contributed by atoms with Crippen molar-refractivity contribution in [1.82, 2.24) is 0 Å². The van der Waals surface area contributed by atoms with E-state index in [1.54, 1.807) is 13.0 Å². The van der Waals surface area contributed by atoms with Gasteiger partial charge in [-0.1, -0.05) is 11.6 Å². The molecule has 1 N–H and O–H groups in total. The molecule has 2 rings (SSSR count). The predicted octanol–water partition coefficient (Wildman–Crippen LogP) is 1.98. The quantitative estimate of drug-likeness (QED) is 0.667. The lowest BCUT2D eigenvalue weighted by Gasteiger charge is -2.22. The van der Waals surface area contributed by atoms with Gasteiger partial charge < -0.3 is 24.2 Å². The number of carboxylic acid groups (broad SMARTS) is 1. The number of carbonyl (C=O) groups is 2. The molecule has 0 radical (unpaired) electrons. The van der Waals surface area contributed by atoms with Crippen molar-refractivity contribution in [3.05, 3.63) is 17.2 Å². The molecule has 0 aromatic heterocycles. The van der Waals surface area contributed by atoms with Gasteiger partial charge in [-0.05, 0) is 13.0 Å². The van der Waals surface area contributed by atoms with Crippen LogP contribution in [0, 0.1) is 0 Å². The lowest BCUT2D eigenvalue weighted by Crippen LogP contribution is -2.26. The first kappa shape index (κ1) is 18.9. The summed E-state index contributed by atoms with van der Waals surface area (Å²) < 4.78 is 16.4. The van der Waals surface area contributed by atoms with E-state index in [4.69, 9.17) is 30.9 Å². The van der Waals surface area contributed by atoms with Gasteiger partial charge in [-0.3, -0.25) is 9.59 Å². The molecule has 1 aromatic carbocycles. The van der Waals surface area contributed by atoms with Crippen LogP contribution < -0.4 is 14.4 Å². The molecule has 1 aromatic rings. The molecule has 0 fully saturated rings. The van der Waals surface area contributed by atoms with E-state index in [-0.39, 0.29) is 18.0 Å². The molecule has 1 heterocycles. The van der Waals surface area contributed by atoms with Crippen molar-refractivity contribution in [1.29, 1.82) is 0 Å². The summed E-state index contributed by atoms with van der Waals surface area (Å²) in [7, 11) is 1.43. The summed E-state index contributed by atoms with van der Waals surface area (Å²) in [5, 5.41) is 9.04. The minimum Gasteiger partial charge on any atom is -0.494 e. The number of carbonyl (C=O) groups excluding carboxylic acids is 1. The second-order valence-corrected chi connectivity index (χ2v) is 5.63. The summed E-state index contributed by atoms with van der Waals surface area (Å²) in [6, 6.07) is 3.04. The van der Waals surface area contributed by atoms with Crippen molar-refractivity contribution < 1.29 is 28.9 Å². The van der Waals surface area contributed by atoms with Crippen LogP contribution in [0.5, 0.6) is 11.5 Å². The van der Waals surface area contributed by atoms with Gasteiger partial charge in [-0.15, -0.1) is 0 Å². The number of halogens is 1. The van der Waals surface area contributed by atoms with E-state index >= 15 is 0 Å². The number of aliphatic carboxylic acids is 1. The first-order valence-corrected chi connectivity index (χ1v) is 7.99. The van der Waals surface area contributed by atoms with E-state index in [1.165, 1.54) is 18.1 Å². The monoisotopic (exact) mass is 370 g/mol. The summed E-state index contributed by atoms with van der Waals surface area (Å²) in [6.07, 6.45) is -0.0994. The zero-order chi connectivity index (χ0) is 18.4. The van der Waals surface area contributed by atoms with E-state index in [0.29, 0.717) is 42.6 Å². The first-order chi connectivity index (χ1) is 12.0. The highest BCUT2D eigenvalue weighted by Crippen LogP contribution is 2.38. The highest BCUT2D eigenvalue weighted by Gasteiger charge is 2.21. The van der Waals surface area contributed by atoms with Crippen LogP contribution in [0.4, 0.5) is 5.69 Å². The van der Waals surface area contributed by atoms with Gasteiger partial charge in [0.25, 0.3) is 0 Å². The van der Waals surface area contributed by atoms with Crippen molar-refractivity contribution in [2.45, 2.75) is 19.4 Å². The number of aliphatic imine (C=N–C) groups is 1. The van der Waals surface area contributed by atoms with E-state index in [1.807, 2.05) is 0 Å². The average Bonchev–Trinajstić information content (AvgIpc) is 3.12. The zero-order valence-corrected chi connectivity index (χ0v) is 14.7. The number of benzene rings is 1. The largest absolute Gasteiger partial charge is 0.494 e. The fourth-order valence-corrected chi connectivity index (χ4v) is 2.49. The average molecular weight is 371 g/mol. The molecule has 0 spiro atoms. The first-order valence-electron chi connectivity index (χ1n) is 7.61. The maximum Gasteiger partial charge on any atom is 0.305 e. The molecule has 0 unspecified atom stereocenters. The Labute approximate surface area is 149 Å². The fraction of sp³-hybridized carbons (Fsp3) is 0.438. The van der Waals surface area contributed by atoms with Gasteiger partial charge in [0.05, 0.1) is 30.8 Å². The lowest BCUT2D eigenvalue weighted by atomic mass is 10.2. The summed E-state index contributed by atoms with van der Waals surface area (Å²) in [5.41, 5.74) is 0.359. The summed E-state index contributed by atoms with van der Waals surface area (Å²) >= 11 is 6.25. The number of rotatable bonds is 9. The van der Waals surface area contributed by atoms with Crippen LogP contribution in [0.15, 0.2) is 17.1 Å². The number of ether oxygens (including phenoxy) is 3. The number of nitrogens with zero attached hydrogens (tertiary/aromatic N) is 2. The smallest absolute Gasteiger partial charge is 0.305 e. The molecular formula is C16H19ClN2O6. The number of anilines is 1. The number of hydrogen-bond donors (Lipinski definition) is 1. The van der Waals surface area contributed by atoms with Crippen molar-refractivity contribution in [2.24, 2.45) is 4.99 Å². The summed E-state index contributed by atoms with van der Waals surface area (Å²) in [6.45, 7) is 2.89. The van der Waals surface area contributed by atoms with Gasteiger partial charge in [0, 0.05) is 12.6 Å². The van der Waals surface area contributed by atoms with E-state index in [9.17, 15) is 9.59 Å². The van der Waals surface area contributed by atoms with Gasteiger partial charge in [0.1, 0.15) is 18.1 Å². The number of amides is 1. The summed E-state index contributed by atoms with van der Waals surface area (Å²) in [4.78, 5) is 27.4. The molecule has 0 bridgehead atoms. The molecule has 0 saturated carbocycles. The molecule has 0 saturated heterocycles. The van der Waals surface area contributed by atoms with E-state index in [2.05, 4.69) is 4.99 Å². The van der Waals surface area contributed by atoms with Crippen molar-refractivity contribution in [3.63, 3.8) is 0 Å². The standard InChI is InChI=1S/C16H19ClN2O6/c1-10(16-18-4-6-24-16)25-13-8-14(23-2)12(7-11(13)17)19(9-20)5-3-15(21)22/h7-10H,3-6H2,1-2H3,(H,21,22)/t10-/m0/s1. The van der Waals surface area contributed by atoms with Crippen molar-refractivity contribution in [2.75, 3.05) is 31.7 Å². The van der Waals surface area contributed by atoms with E-state index < -0.39 is 12.1 Å². The molecule has 9 heteroatoms. The minimum atomic E-state index is -1.01. The third-order valence-corrected chi connectivity index (χ3v) is 3.79. The Morgan fingerprint density at radius 1 is 1.52 bits per heavy atom.